The van der Waals surface area contributed by atoms with Crippen LogP contribution >= 0.6 is 11.6 Å². The number of esters is 1. The molecule has 0 aliphatic carbocycles. The van der Waals surface area contributed by atoms with Crippen LogP contribution in [0.15, 0.2) is 35.2 Å². The summed E-state index contributed by atoms with van der Waals surface area (Å²) in [6.07, 6.45) is 0. The molecule has 29 heavy (non-hydrogen) atoms. The van der Waals surface area contributed by atoms with E-state index in [1.165, 1.54) is 37.9 Å². The number of rotatable bonds is 8. The topological polar surface area (TPSA) is 76.8 Å². The zero-order valence-corrected chi connectivity index (χ0v) is 18.8. The van der Waals surface area contributed by atoms with E-state index >= 15 is 0 Å². The standard InChI is InChI=1S/C20H26ClN2O5S/c1-14-10-15(2)23(16(3)11-14)8-9-27-20(24)13-28-19-7-6-17(12-18(19)21)29(25,26)22(4)5/h6-7,10-12H,8-9,13H2,1-5H3/q+1. The van der Waals surface area contributed by atoms with Crippen LogP contribution in [-0.2, 0) is 26.1 Å². The summed E-state index contributed by atoms with van der Waals surface area (Å²) < 4.78 is 38.0. The number of aromatic nitrogens is 1. The summed E-state index contributed by atoms with van der Waals surface area (Å²) in [5, 5.41) is 0.0992. The van der Waals surface area contributed by atoms with Crippen molar-refractivity contribution in [3.05, 3.63) is 52.3 Å². The van der Waals surface area contributed by atoms with Gasteiger partial charge in [-0.25, -0.2) is 17.5 Å². The molecule has 2 rings (SSSR count). The highest BCUT2D eigenvalue weighted by Crippen LogP contribution is 2.28. The van der Waals surface area contributed by atoms with Gasteiger partial charge in [-0.3, -0.25) is 0 Å². The first kappa shape index (κ1) is 23.1. The number of benzene rings is 1. The quantitative estimate of drug-likeness (QED) is 0.464. The second-order valence-electron chi connectivity index (χ2n) is 6.86. The number of pyridine rings is 1. The molecule has 1 heterocycles. The molecule has 0 N–H and O–H groups in total. The minimum absolute atomic E-state index is 0.0447. The third-order valence-electron chi connectivity index (χ3n) is 4.33. The van der Waals surface area contributed by atoms with Gasteiger partial charge in [0.1, 0.15) is 5.75 Å². The number of carbonyl (C=O) groups excluding carboxylic acids is 1. The first-order valence-electron chi connectivity index (χ1n) is 9.00. The third kappa shape index (κ3) is 5.91. The first-order valence-corrected chi connectivity index (χ1v) is 10.8. The summed E-state index contributed by atoms with van der Waals surface area (Å²) in [7, 11) is -0.732. The number of hydrogen-bond acceptors (Lipinski definition) is 5. The van der Waals surface area contributed by atoms with E-state index in [4.69, 9.17) is 21.1 Å². The Balaban J connectivity index is 1.90. The largest absolute Gasteiger partial charge is 0.480 e. The van der Waals surface area contributed by atoms with Gasteiger partial charge in [-0.05, 0) is 30.7 Å². The lowest BCUT2D eigenvalue weighted by atomic mass is 10.2. The summed E-state index contributed by atoms with van der Waals surface area (Å²) in [4.78, 5) is 12.0. The fraction of sp³-hybridized carbons (Fsp3) is 0.400. The Kier molecular flexibility index (Phi) is 7.62. The van der Waals surface area contributed by atoms with E-state index in [9.17, 15) is 13.2 Å². The van der Waals surface area contributed by atoms with Crippen molar-refractivity contribution in [2.45, 2.75) is 32.2 Å². The van der Waals surface area contributed by atoms with E-state index < -0.39 is 16.0 Å². The lowest BCUT2D eigenvalue weighted by Crippen LogP contribution is -2.42. The molecule has 0 radical (unpaired) electrons. The molecule has 0 saturated heterocycles. The van der Waals surface area contributed by atoms with Crippen LogP contribution in [0.3, 0.4) is 0 Å². The van der Waals surface area contributed by atoms with Crippen LogP contribution in [-0.4, -0.2) is 46.0 Å². The van der Waals surface area contributed by atoms with E-state index in [-0.39, 0.29) is 28.9 Å². The molecule has 0 saturated carbocycles. The van der Waals surface area contributed by atoms with Gasteiger partial charge in [0.15, 0.2) is 31.1 Å². The molecular weight excluding hydrogens is 416 g/mol. The van der Waals surface area contributed by atoms with Crippen molar-refractivity contribution >= 4 is 27.6 Å². The van der Waals surface area contributed by atoms with Crippen LogP contribution < -0.4 is 9.30 Å². The van der Waals surface area contributed by atoms with Crippen LogP contribution in [0.5, 0.6) is 5.75 Å². The lowest BCUT2D eigenvalue weighted by Gasteiger charge is -2.13. The summed E-state index contributed by atoms with van der Waals surface area (Å²) in [6.45, 7) is 6.48. The van der Waals surface area contributed by atoms with Crippen molar-refractivity contribution < 1.29 is 27.3 Å². The molecule has 0 aliphatic heterocycles. The maximum absolute atomic E-state index is 12.1. The predicted octanol–water partition coefficient (Wildman–Crippen LogP) is 2.43. The van der Waals surface area contributed by atoms with Gasteiger partial charge in [-0.1, -0.05) is 11.6 Å². The van der Waals surface area contributed by atoms with Crippen molar-refractivity contribution in [2.75, 3.05) is 27.3 Å². The number of sulfonamides is 1. The van der Waals surface area contributed by atoms with Crippen molar-refractivity contribution in [3.8, 4) is 5.75 Å². The molecule has 158 valence electrons. The SMILES string of the molecule is Cc1cc(C)[n+](CCOC(=O)COc2ccc(S(=O)(=O)N(C)C)cc2Cl)c(C)c1. The van der Waals surface area contributed by atoms with Crippen LogP contribution in [0.1, 0.15) is 17.0 Å². The Bertz CT molecular complexity index is 983. The molecule has 7 nitrogen and oxygen atoms in total. The highest BCUT2D eigenvalue weighted by molar-refractivity contribution is 7.89. The maximum atomic E-state index is 12.1. The molecule has 0 atom stereocenters. The van der Waals surface area contributed by atoms with Crippen molar-refractivity contribution in [2.24, 2.45) is 0 Å². The number of ether oxygens (including phenoxy) is 2. The van der Waals surface area contributed by atoms with Crippen molar-refractivity contribution in [1.29, 1.82) is 0 Å². The van der Waals surface area contributed by atoms with Crippen LogP contribution in [0.2, 0.25) is 5.02 Å². The summed E-state index contributed by atoms with van der Waals surface area (Å²) in [5.41, 5.74) is 3.37. The van der Waals surface area contributed by atoms with Gasteiger partial charge < -0.3 is 9.47 Å². The Hall–Kier alpha value is -2.16. The van der Waals surface area contributed by atoms with Gasteiger partial charge in [0.25, 0.3) is 0 Å². The third-order valence-corrected chi connectivity index (χ3v) is 6.44. The minimum Gasteiger partial charge on any atom is -0.480 e. The predicted molar refractivity (Wildman–Crippen MR) is 110 cm³/mol. The highest BCUT2D eigenvalue weighted by atomic mass is 35.5. The number of carbonyl (C=O) groups is 1. The molecule has 0 bridgehead atoms. The van der Waals surface area contributed by atoms with Gasteiger partial charge in [-0.15, -0.1) is 0 Å². The first-order chi connectivity index (χ1) is 13.5. The smallest absolute Gasteiger partial charge is 0.344 e. The van der Waals surface area contributed by atoms with E-state index in [0.29, 0.717) is 6.54 Å². The van der Waals surface area contributed by atoms with Gasteiger partial charge in [0.05, 0.1) is 9.92 Å². The number of halogens is 1. The molecule has 0 aliphatic rings. The minimum atomic E-state index is -3.60. The van der Waals surface area contributed by atoms with E-state index in [1.807, 2.05) is 20.8 Å². The number of hydrogen-bond donors (Lipinski definition) is 0. The van der Waals surface area contributed by atoms with Crippen molar-refractivity contribution in [3.63, 3.8) is 0 Å². The van der Waals surface area contributed by atoms with Gasteiger partial charge in [-0.2, -0.15) is 4.57 Å². The Labute approximate surface area is 176 Å². The monoisotopic (exact) mass is 441 g/mol. The molecular formula is C20H26ClN2O5S+. The number of nitrogens with zero attached hydrogens (tertiary/aromatic N) is 2. The maximum Gasteiger partial charge on any atom is 0.344 e. The lowest BCUT2D eigenvalue weighted by molar-refractivity contribution is -0.709. The molecule has 0 amide bonds. The molecule has 1 aromatic heterocycles. The molecule has 1 aromatic carbocycles. The highest BCUT2D eigenvalue weighted by Gasteiger charge is 2.19. The molecule has 0 unspecified atom stereocenters. The average molecular weight is 442 g/mol. The summed E-state index contributed by atoms with van der Waals surface area (Å²) >= 11 is 6.09. The van der Waals surface area contributed by atoms with Crippen LogP contribution in [0.4, 0.5) is 0 Å². The van der Waals surface area contributed by atoms with E-state index in [2.05, 4.69) is 16.7 Å². The fourth-order valence-electron chi connectivity index (χ4n) is 2.89. The molecule has 0 fully saturated rings. The second-order valence-corrected chi connectivity index (χ2v) is 9.41. The fourth-order valence-corrected chi connectivity index (χ4v) is 4.11. The summed E-state index contributed by atoms with van der Waals surface area (Å²) in [5.74, 6) is -0.324. The Morgan fingerprint density at radius 3 is 2.28 bits per heavy atom. The van der Waals surface area contributed by atoms with Crippen molar-refractivity contribution in [1.82, 2.24) is 4.31 Å². The average Bonchev–Trinajstić information content (AvgIpc) is 2.62. The Morgan fingerprint density at radius 2 is 1.72 bits per heavy atom. The zero-order valence-electron chi connectivity index (χ0n) is 17.2. The van der Waals surface area contributed by atoms with Crippen LogP contribution in [0.25, 0.3) is 0 Å². The molecule has 9 heteroatoms. The van der Waals surface area contributed by atoms with E-state index in [0.717, 1.165) is 15.7 Å². The van der Waals surface area contributed by atoms with E-state index in [1.54, 1.807) is 0 Å². The summed E-state index contributed by atoms with van der Waals surface area (Å²) in [6, 6.07) is 8.22. The zero-order chi connectivity index (χ0) is 21.8. The normalized spacial score (nSPS) is 11.6. The van der Waals surface area contributed by atoms with Gasteiger partial charge in [0.2, 0.25) is 10.0 Å². The van der Waals surface area contributed by atoms with Crippen LogP contribution in [0, 0.1) is 20.8 Å². The number of aryl methyl sites for hydroxylation is 3. The molecule has 0 spiro atoms. The van der Waals surface area contributed by atoms with Gasteiger partial charge >= 0.3 is 5.97 Å². The Morgan fingerprint density at radius 1 is 1.10 bits per heavy atom. The van der Waals surface area contributed by atoms with Gasteiger partial charge in [0, 0.05) is 40.1 Å². The molecule has 2 aromatic rings. The second kappa shape index (κ2) is 9.56.